The first kappa shape index (κ1) is 18.8. The highest BCUT2D eigenvalue weighted by Gasteiger charge is 2.27. The van der Waals surface area contributed by atoms with Crippen molar-refractivity contribution < 1.29 is 14.3 Å². The van der Waals surface area contributed by atoms with Gasteiger partial charge in [-0.3, -0.25) is 9.59 Å². The van der Waals surface area contributed by atoms with Crippen LogP contribution in [-0.2, 0) is 9.53 Å². The maximum Gasteiger partial charge on any atom is 0.222 e. The van der Waals surface area contributed by atoms with Crippen molar-refractivity contribution in [3.05, 3.63) is 58.2 Å². The van der Waals surface area contributed by atoms with E-state index in [0.717, 1.165) is 21.9 Å². The highest BCUT2D eigenvalue weighted by atomic mass is 32.1. The highest BCUT2D eigenvalue weighted by molar-refractivity contribution is 7.12. The van der Waals surface area contributed by atoms with Gasteiger partial charge in [0.2, 0.25) is 5.91 Å². The van der Waals surface area contributed by atoms with Gasteiger partial charge in [0, 0.05) is 31.3 Å². The normalized spacial score (nSPS) is 17.2. The van der Waals surface area contributed by atoms with Crippen LogP contribution in [0.1, 0.15) is 46.4 Å². The number of thiophene rings is 1. The van der Waals surface area contributed by atoms with Crippen LogP contribution in [-0.4, -0.2) is 45.7 Å². The van der Waals surface area contributed by atoms with Gasteiger partial charge in [0.05, 0.1) is 23.7 Å². The zero-order chi connectivity index (χ0) is 19.5. The van der Waals surface area contributed by atoms with E-state index in [1.54, 1.807) is 0 Å². The molecule has 1 unspecified atom stereocenters. The Labute approximate surface area is 167 Å². The molecule has 3 aromatic heterocycles. The van der Waals surface area contributed by atoms with Crippen molar-refractivity contribution in [2.45, 2.75) is 32.3 Å². The Morgan fingerprint density at radius 3 is 2.93 bits per heavy atom. The van der Waals surface area contributed by atoms with Crippen LogP contribution in [0.25, 0.3) is 5.65 Å². The fourth-order valence-electron chi connectivity index (χ4n) is 3.50. The molecule has 1 saturated heterocycles. The van der Waals surface area contributed by atoms with E-state index in [1.165, 1.54) is 11.3 Å². The lowest BCUT2D eigenvalue weighted by Crippen LogP contribution is -2.42. The van der Waals surface area contributed by atoms with E-state index in [4.69, 9.17) is 4.74 Å². The Hall–Kier alpha value is -2.51. The molecule has 0 radical (unpaired) electrons. The van der Waals surface area contributed by atoms with E-state index in [0.29, 0.717) is 39.0 Å². The summed E-state index contributed by atoms with van der Waals surface area (Å²) in [5, 5.41) is 1.90. The van der Waals surface area contributed by atoms with E-state index in [-0.39, 0.29) is 17.8 Å². The summed E-state index contributed by atoms with van der Waals surface area (Å²) in [5.74, 6) is 0.190. The van der Waals surface area contributed by atoms with Crippen LogP contribution < -0.4 is 0 Å². The lowest BCUT2D eigenvalue weighted by atomic mass is 10.1. The van der Waals surface area contributed by atoms with Gasteiger partial charge in [0.25, 0.3) is 0 Å². The molecule has 146 valence electrons. The van der Waals surface area contributed by atoms with E-state index < -0.39 is 0 Å². The maximum absolute atomic E-state index is 12.6. The molecule has 0 aromatic carbocycles. The fourth-order valence-corrected chi connectivity index (χ4v) is 4.19. The Kier molecular flexibility index (Phi) is 5.54. The standard InChI is InChI=1S/C21H23N3O3S/c1-15-5-2-8-20-22-16(13-24(15)20)18-14-23(10-11-27-18)21(26)9-3-6-17(25)19-7-4-12-28-19/h2,4-5,7-8,12-13,18H,3,6,9-11,14H2,1H3. The number of aromatic nitrogens is 2. The minimum Gasteiger partial charge on any atom is -0.368 e. The number of rotatable bonds is 6. The summed E-state index contributed by atoms with van der Waals surface area (Å²) in [5.41, 5.74) is 2.84. The number of nitrogens with zero attached hydrogens (tertiary/aromatic N) is 3. The number of morpholine rings is 1. The third kappa shape index (κ3) is 4.00. The minimum atomic E-state index is -0.218. The number of ketones is 1. The number of amides is 1. The highest BCUT2D eigenvalue weighted by Crippen LogP contribution is 2.23. The van der Waals surface area contributed by atoms with Crippen LogP contribution in [0.3, 0.4) is 0 Å². The summed E-state index contributed by atoms with van der Waals surface area (Å²) in [6, 6.07) is 9.69. The Balaban J connectivity index is 1.34. The molecule has 4 heterocycles. The first-order valence-corrected chi connectivity index (χ1v) is 10.4. The Bertz CT molecular complexity index is 980. The number of ether oxygens (including phenoxy) is 1. The molecule has 6 nitrogen and oxygen atoms in total. The molecule has 7 heteroatoms. The van der Waals surface area contributed by atoms with E-state index in [1.807, 2.05) is 58.1 Å². The lowest BCUT2D eigenvalue weighted by Gasteiger charge is -2.32. The van der Waals surface area contributed by atoms with Crippen LogP contribution >= 0.6 is 11.3 Å². The molecule has 1 fully saturated rings. The number of aryl methyl sites for hydroxylation is 1. The second-order valence-corrected chi connectivity index (χ2v) is 7.96. The number of Topliss-reactive ketones (excluding diaryl/α,β-unsaturated/α-hetero) is 1. The largest absolute Gasteiger partial charge is 0.368 e. The smallest absolute Gasteiger partial charge is 0.222 e. The Morgan fingerprint density at radius 2 is 2.14 bits per heavy atom. The summed E-state index contributed by atoms with van der Waals surface area (Å²) in [6.07, 6.45) is 3.14. The molecule has 0 aliphatic carbocycles. The molecule has 1 amide bonds. The minimum absolute atomic E-state index is 0.0761. The number of hydrogen-bond acceptors (Lipinski definition) is 5. The van der Waals surface area contributed by atoms with Gasteiger partial charge >= 0.3 is 0 Å². The van der Waals surface area contributed by atoms with Crippen LogP contribution in [0, 0.1) is 6.92 Å². The number of imidazole rings is 1. The van der Waals surface area contributed by atoms with Gasteiger partial charge in [-0.25, -0.2) is 4.98 Å². The molecular weight excluding hydrogens is 374 g/mol. The quantitative estimate of drug-likeness (QED) is 0.596. The molecule has 1 aliphatic rings. The SMILES string of the molecule is Cc1cccc2nc(C3CN(C(=O)CCCC(=O)c4cccs4)CCO3)cn12. The average Bonchev–Trinajstić information content (AvgIpc) is 3.38. The molecule has 0 N–H and O–H groups in total. The second-order valence-electron chi connectivity index (χ2n) is 7.01. The molecular formula is C21H23N3O3S. The molecule has 0 bridgehead atoms. The summed E-state index contributed by atoms with van der Waals surface area (Å²) in [6.45, 7) is 3.62. The van der Waals surface area contributed by atoms with Gasteiger partial charge in [-0.05, 0) is 36.9 Å². The van der Waals surface area contributed by atoms with Crippen molar-refractivity contribution in [1.29, 1.82) is 0 Å². The molecule has 1 aliphatic heterocycles. The summed E-state index contributed by atoms with van der Waals surface area (Å²) in [4.78, 5) is 31.9. The van der Waals surface area contributed by atoms with Crippen molar-refractivity contribution in [3.8, 4) is 0 Å². The maximum atomic E-state index is 12.6. The van der Waals surface area contributed by atoms with Gasteiger partial charge in [0.15, 0.2) is 5.78 Å². The average molecular weight is 398 g/mol. The van der Waals surface area contributed by atoms with Crippen molar-refractivity contribution in [2.24, 2.45) is 0 Å². The summed E-state index contributed by atoms with van der Waals surface area (Å²) in [7, 11) is 0. The topological polar surface area (TPSA) is 63.9 Å². The van der Waals surface area contributed by atoms with Gasteiger partial charge in [-0.2, -0.15) is 0 Å². The predicted octanol–water partition coefficient (Wildman–Crippen LogP) is 3.66. The molecule has 4 rings (SSSR count). The van der Waals surface area contributed by atoms with Crippen molar-refractivity contribution in [2.75, 3.05) is 19.7 Å². The van der Waals surface area contributed by atoms with Crippen LogP contribution in [0.15, 0.2) is 41.9 Å². The first-order chi connectivity index (χ1) is 13.6. The number of carbonyl (C=O) groups is 2. The van der Waals surface area contributed by atoms with Crippen molar-refractivity contribution in [3.63, 3.8) is 0 Å². The predicted molar refractivity (Wildman–Crippen MR) is 108 cm³/mol. The number of pyridine rings is 1. The molecule has 0 saturated carbocycles. The first-order valence-electron chi connectivity index (χ1n) is 9.52. The zero-order valence-corrected chi connectivity index (χ0v) is 16.7. The monoisotopic (exact) mass is 397 g/mol. The van der Waals surface area contributed by atoms with Crippen molar-refractivity contribution >= 4 is 28.7 Å². The third-order valence-corrected chi connectivity index (χ3v) is 5.96. The third-order valence-electron chi connectivity index (χ3n) is 5.05. The number of fused-ring (bicyclic) bond motifs is 1. The van der Waals surface area contributed by atoms with E-state index in [2.05, 4.69) is 4.98 Å². The van der Waals surface area contributed by atoms with Crippen LogP contribution in [0.2, 0.25) is 0 Å². The molecule has 1 atom stereocenters. The number of carbonyl (C=O) groups excluding carboxylic acids is 2. The van der Waals surface area contributed by atoms with Crippen LogP contribution in [0.4, 0.5) is 0 Å². The molecule has 28 heavy (non-hydrogen) atoms. The molecule has 3 aromatic rings. The molecule has 0 spiro atoms. The zero-order valence-electron chi connectivity index (χ0n) is 15.8. The van der Waals surface area contributed by atoms with E-state index in [9.17, 15) is 9.59 Å². The Morgan fingerprint density at radius 1 is 1.25 bits per heavy atom. The van der Waals surface area contributed by atoms with Crippen molar-refractivity contribution in [1.82, 2.24) is 14.3 Å². The lowest BCUT2D eigenvalue weighted by molar-refractivity contribution is -0.139. The van der Waals surface area contributed by atoms with Crippen LogP contribution in [0.5, 0.6) is 0 Å². The summed E-state index contributed by atoms with van der Waals surface area (Å²) < 4.78 is 7.92. The number of hydrogen-bond donors (Lipinski definition) is 0. The van der Waals surface area contributed by atoms with E-state index >= 15 is 0 Å². The van der Waals surface area contributed by atoms with Gasteiger partial charge in [0.1, 0.15) is 11.8 Å². The van der Waals surface area contributed by atoms with Gasteiger partial charge < -0.3 is 14.0 Å². The van der Waals surface area contributed by atoms with Gasteiger partial charge in [-0.15, -0.1) is 11.3 Å². The van der Waals surface area contributed by atoms with Gasteiger partial charge in [-0.1, -0.05) is 12.1 Å². The second kappa shape index (κ2) is 8.24. The summed E-state index contributed by atoms with van der Waals surface area (Å²) >= 11 is 1.45. The fraction of sp³-hybridized carbons (Fsp3) is 0.381.